The maximum atomic E-state index is 14.4. The highest BCUT2D eigenvalue weighted by molar-refractivity contribution is 7.92. The van der Waals surface area contributed by atoms with Gasteiger partial charge in [0.2, 0.25) is 10.0 Å². The van der Waals surface area contributed by atoms with Crippen LogP contribution in [0.3, 0.4) is 0 Å². The molecule has 0 aliphatic carbocycles. The van der Waals surface area contributed by atoms with E-state index in [2.05, 4.69) is 9.62 Å². The second-order valence-electron chi connectivity index (χ2n) is 11.1. The van der Waals surface area contributed by atoms with E-state index in [1.54, 1.807) is 13.0 Å². The molecule has 208 valence electrons. The third-order valence-electron chi connectivity index (χ3n) is 6.63. The summed E-state index contributed by atoms with van der Waals surface area (Å²) in [5.41, 5.74) is 1.64. The summed E-state index contributed by atoms with van der Waals surface area (Å²) >= 11 is 0. The van der Waals surface area contributed by atoms with E-state index >= 15 is 0 Å². The minimum atomic E-state index is -3.61. The maximum absolute atomic E-state index is 14.4. The molecule has 38 heavy (non-hydrogen) atoms. The molecule has 10 heteroatoms. The Hall–Kier alpha value is -3.01. The number of nitrogens with zero attached hydrogens (tertiary/aromatic N) is 2. The zero-order valence-corrected chi connectivity index (χ0v) is 23.8. The van der Waals surface area contributed by atoms with Crippen molar-refractivity contribution in [1.29, 1.82) is 0 Å². The highest BCUT2D eigenvalue weighted by atomic mass is 32.2. The van der Waals surface area contributed by atoms with Crippen LogP contribution in [-0.4, -0.2) is 50.6 Å². The molecule has 1 saturated heterocycles. The summed E-state index contributed by atoms with van der Waals surface area (Å²) in [4.78, 5) is 32.2. The number of anilines is 2. The van der Waals surface area contributed by atoms with Crippen LogP contribution >= 0.6 is 0 Å². The van der Waals surface area contributed by atoms with Crippen molar-refractivity contribution in [2.75, 3.05) is 29.0 Å². The van der Waals surface area contributed by atoms with Gasteiger partial charge in [0, 0.05) is 44.0 Å². The number of nitrogens with one attached hydrogen (secondary N) is 1. The average molecular weight is 548 g/mol. The van der Waals surface area contributed by atoms with Crippen molar-refractivity contribution in [3.63, 3.8) is 0 Å². The largest absolute Gasteiger partial charge is 0.462 e. The van der Waals surface area contributed by atoms with Gasteiger partial charge < -0.3 is 9.64 Å². The number of hydrogen-bond donors (Lipinski definition) is 1. The first-order chi connectivity index (χ1) is 17.6. The van der Waals surface area contributed by atoms with Gasteiger partial charge in [0.25, 0.3) is 0 Å². The lowest BCUT2D eigenvalue weighted by atomic mass is 9.92. The molecule has 1 N–H and O–H groups in total. The molecule has 0 saturated carbocycles. The first-order valence-electron chi connectivity index (χ1n) is 12.9. The Morgan fingerprint density at radius 2 is 1.84 bits per heavy atom. The Balaban J connectivity index is 1.64. The fourth-order valence-corrected chi connectivity index (χ4v) is 4.86. The quantitative estimate of drug-likeness (QED) is 0.451. The monoisotopic (exact) mass is 547 g/mol. The molecule has 1 unspecified atom stereocenters. The Morgan fingerprint density at radius 1 is 1.18 bits per heavy atom. The predicted molar refractivity (Wildman–Crippen MR) is 146 cm³/mol. The topological polar surface area (TPSA) is 106 Å². The number of aryl methyl sites for hydroxylation is 2. The summed E-state index contributed by atoms with van der Waals surface area (Å²) in [5.74, 6) is -0.680. The Bertz CT molecular complexity index is 1280. The molecule has 3 rings (SSSR count). The van der Waals surface area contributed by atoms with Crippen molar-refractivity contribution in [3.05, 3.63) is 53.0 Å². The molecule has 1 aliphatic heterocycles. The van der Waals surface area contributed by atoms with Gasteiger partial charge in [-0.05, 0) is 63.4 Å². The number of carbonyl (C=O) groups is 2. The number of esters is 1. The van der Waals surface area contributed by atoms with Gasteiger partial charge in [-0.2, -0.15) is 0 Å². The first-order valence-corrected chi connectivity index (χ1v) is 14.8. The van der Waals surface area contributed by atoms with Crippen LogP contribution in [0.5, 0.6) is 0 Å². The van der Waals surface area contributed by atoms with Crippen molar-refractivity contribution in [1.82, 2.24) is 4.98 Å². The normalized spacial score (nSPS) is 15.7. The van der Waals surface area contributed by atoms with Crippen LogP contribution in [0.4, 0.5) is 15.9 Å². The molecule has 2 aromatic rings. The van der Waals surface area contributed by atoms with E-state index in [1.807, 2.05) is 39.8 Å². The number of piperidine rings is 1. The van der Waals surface area contributed by atoms with E-state index in [-0.39, 0.29) is 30.0 Å². The number of Topliss-reactive ketones (excluding diaryl/α,β-unsaturated/α-hetero) is 1. The van der Waals surface area contributed by atoms with E-state index < -0.39 is 27.2 Å². The number of ketones is 1. The number of pyridine rings is 1. The molecular weight excluding hydrogens is 509 g/mol. The van der Waals surface area contributed by atoms with Gasteiger partial charge in [-0.1, -0.05) is 19.1 Å². The summed E-state index contributed by atoms with van der Waals surface area (Å²) in [6.07, 6.45) is 2.99. The second kappa shape index (κ2) is 11.8. The number of ether oxygens (including phenoxy) is 1. The molecule has 1 fully saturated rings. The van der Waals surface area contributed by atoms with Gasteiger partial charge in [-0.15, -0.1) is 0 Å². The SMILES string of the molecule is Cc1ccc(CCC(=O)C(C)c2ccc(NS(C)(=O)=O)c(F)c2)c(N2CCC(OC(=O)C(C)(C)C)CC2)n1. The average Bonchev–Trinajstić information content (AvgIpc) is 2.83. The molecule has 0 radical (unpaired) electrons. The van der Waals surface area contributed by atoms with E-state index in [0.29, 0.717) is 37.9 Å². The zero-order chi connectivity index (χ0) is 28.3. The van der Waals surface area contributed by atoms with Gasteiger partial charge in [-0.3, -0.25) is 14.3 Å². The molecule has 0 amide bonds. The summed E-state index contributed by atoms with van der Waals surface area (Å²) < 4.78 is 45.0. The van der Waals surface area contributed by atoms with Gasteiger partial charge in [0.15, 0.2) is 0 Å². The number of rotatable bonds is 9. The minimum Gasteiger partial charge on any atom is -0.462 e. The predicted octanol–water partition coefficient (Wildman–Crippen LogP) is 4.76. The van der Waals surface area contributed by atoms with Crippen LogP contribution in [0, 0.1) is 18.2 Å². The van der Waals surface area contributed by atoms with Gasteiger partial charge in [0.05, 0.1) is 17.4 Å². The Morgan fingerprint density at radius 3 is 2.42 bits per heavy atom. The molecule has 0 bridgehead atoms. The van der Waals surface area contributed by atoms with Crippen molar-refractivity contribution in [2.45, 2.75) is 72.3 Å². The maximum Gasteiger partial charge on any atom is 0.311 e. The molecule has 8 nitrogen and oxygen atoms in total. The number of carbonyl (C=O) groups excluding carboxylic acids is 2. The summed E-state index contributed by atoms with van der Waals surface area (Å²) in [6.45, 7) is 10.6. The third-order valence-corrected chi connectivity index (χ3v) is 7.23. The first kappa shape index (κ1) is 29.5. The molecule has 1 aliphatic rings. The molecule has 1 atom stereocenters. The minimum absolute atomic E-state index is 0.0486. The van der Waals surface area contributed by atoms with E-state index in [9.17, 15) is 22.4 Å². The van der Waals surface area contributed by atoms with Crippen LogP contribution in [0.1, 0.15) is 69.7 Å². The van der Waals surface area contributed by atoms with Crippen LogP contribution in [0.25, 0.3) is 0 Å². The van der Waals surface area contributed by atoms with Gasteiger partial charge in [-0.25, -0.2) is 17.8 Å². The number of aromatic nitrogens is 1. The Labute approximate surface area is 225 Å². The van der Waals surface area contributed by atoms with Crippen LogP contribution < -0.4 is 9.62 Å². The fourth-order valence-electron chi connectivity index (χ4n) is 4.30. The molecule has 0 spiro atoms. The smallest absolute Gasteiger partial charge is 0.311 e. The van der Waals surface area contributed by atoms with E-state index in [4.69, 9.17) is 9.72 Å². The van der Waals surface area contributed by atoms with E-state index in [0.717, 1.165) is 23.3 Å². The van der Waals surface area contributed by atoms with Gasteiger partial charge in [0.1, 0.15) is 23.5 Å². The number of hydrogen-bond acceptors (Lipinski definition) is 7. The summed E-state index contributed by atoms with van der Waals surface area (Å²) in [6, 6.07) is 8.01. The lowest BCUT2D eigenvalue weighted by molar-refractivity contribution is -0.159. The third kappa shape index (κ3) is 7.99. The summed E-state index contributed by atoms with van der Waals surface area (Å²) in [5, 5.41) is 0. The molecule has 1 aromatic carbocycles. The summed E-state index contributed by atoms with van der Waals surface area (Å²) in [7, 11) is -3.61. The van der Waals surface area contributed by atoms with E-state index in [1.165, 1.54) is 12.1 Å². The van der Waals surface area contributed by atoms with Crippen molar-refractivity contribution < 1.29 is 27.1 Å². The second-order valence-corrected chi connectivity index (χ2v) is 12.8. The molecule has 1 aromatic heterocycles. The fraction of sp³-hybridized carbons (Fsp3) is 0.536. The lowest BCUT2D eigenvalue weighted by Crippen LogP contribution is -2.40. The van der Waals surface area contributed by atoms with Crippen molar-refractivity contribution in [2.24, 2.45) is 5.41 Å². The van der Waals surface area contributed by atoms with Crippen LogP contribution in [0.2, 0.25) is 0 Å². The Kier molecular flexibility index (Phi) is 9.17. The van der Waals surface area contributed by atoms with Crippen LogP contribution in [0.15, 0.2) is 30.3 Å². The van der Waals surface area contributed by atoms with Crippen molar-refractivity contribution >= 4 is 33.3 Å². The molecule has 2 heterocycles. The number of benzene rings is 1. The highest BCUT2D eigenvalue weighted by Crippen LogP contribution is 2.28. The standard InChI is InChI=1S/C28H38FN3O5S/c1-18-7-8-20(26(30-18)32-15-13-22(14-16-32)37-27(34)28(3,4)5)10-12-25(33)19(2)21-9-11-24(23(29)17-21)31-38(6,35)36/h7-9,11,17,19,22,31H,10,12-16H2,1-6H3. The number of sulfonamides is 1. The zero-order valence-electron chi connectivity index (χ0n) is 23.0. The van der Waals surface area contributed by atoms with Crippen LogP contribution in [-0.2, 0) is 30.8 Å². The lowest BCUT2D eigenvalue weighted by Gasteiger charge is -2.34. The van der Waals surface area contributed by atoms with Crippen molar-refractivity contribution in [3.8, 4) is 0 Å². The highest BCUT2D eigenvalue weighted by Gasteiger charge is 2.29. The number of halogens is 1. The van der Waals surface area contributed by atoms with Gasteiger partial charge >= 0.3 is 5.97 Å². The molecular formula is C28H38FN3O5S.